The van der Waals surface area contributed by atoms with Crippen LogP contribution in [0.2, 0.25) is 0 Å². The van der Waals surface area contributed by atoms with Crippen molar-refractivity contribution in [1.82, 2.24) is 14.9 Å². The second-order valence-electron chi connectivity index (χ2n) is 4.81. The highest BCUT2D eigenvalue weighted by molar-refractivity contribution is 7.05. The number of nitrogens with one attached hydrogen (secondary N) is 1. The average Bonchev–Trinajstić information content (AvgIpc) is 2.95. The van der Waals surface area contributed by atoms with E-state index in [0.717, 1.165) is 23.4 Å². The molecule has 6 heteroatoms. The number of ether oxygens (including phenoxy) is 1. The second-order valence-corrected chi connectivity index (χ2v) is 5.60. The number of halogens is 1. The van der Waals surface area contributed by atoms with Crippen molar-refractivity contribution in [1.29, 1.82) is 0 Å². The monoisotopic (exact) mass is 309 g/mol. The van der Waals surface area contributed by atoms with E-state index in [1.807, 2.05) is 13.1 Å². The van der Waals surface area contributed by atoms with Crippen LogP contribution in [0, 0.1) is 5.82 Å². The number of methoxy groups -OCH3 is 1. The van der Waals surface area contributed by atoms with Gasteiger partial charge in [-0.25, -0.2) is 4.39 Å². The predicted molar refractivity (Wildman–Crippen MR) is 82.4 cm³/mol. The van der Waals surface area contributed by atoms with Crippen LogP contribution < -0.4 is 10.1 Å². The summed E-state index contributed by atoms with van der Waals surface area (Å²) in [5.41, 5.74) is 1.63. The summed E-state index contributed by atoms with van der Waals surface area (Å²) >= 11 is 1.38. The minimum atomic E-state index is -0.297. The van der Waals surface area contributed by atoms with Crippen LogP contribution in [0.25, 0.3) is 0 Å². The fourth-order valence-electron chi connectivity index (χ4n) is 2.31. The number of rotatable bonds is 7. The highest BCUT2D eigenvalue weighted by Crippen LogP contribution is 2.28. The summed E-state index contributed by atoms with van der Waals surface area (Å²) in [7, 11) is 3.35. The van der Waals surface area contributed by atoms with Crippen LogP contribution in [-0.4, -0.2) is 23.7 Å². The van der Waals surface area contributed by atoms with Crippen molar-refractivity contribution in [2.75, 3.05) is 14.2 Å². The summed E-state index contributed by atoms with van der Waals surface area (Å²) in [6.07, 6.45) is 2.45. The molecule has 0 saturated heterocycles. The molecule has 1 aromatic heterocycles. The molecule has 0 aliphatic heterocycles. The van der Waals surface area contributed by atoms with E-state index in [-0.39, 0.29) is 17.6 Å². The van der Waals surface area contributed by atoms with E-state index >= 15 is 0 Å². The molecule has 2 aromatic rings. The Morgan fingerprint density at radius 1 is 1.43 bits per heavy atom. The Balaban J connectivity index is 2.25. The first-order valence-electron chi connectivity index (χ1n) is 7.01. The van der Waals surface area contributed by atoms with Crippen molar-refractivity contribution < 1.29 is 9.13 Å². The Morgan fingerprint density at radius 2 is 2.24 bits per heavy atom. The van der Waals surface area contributed by atoms with Crippen LogP contribution in [0.5, 0.6) is 5.75 Å². The molecule has 0 aliphatic rings. The number of aromatic nitrogens is 2. The molecule has 1 heterocycles. The summed E-state index contributed by atoms with van der Waals surface area (Å²) in [4.78, 5) is 1.08. The van der Waals surface area contributed by atoms with Crippen molar-refractivity contribution in [3.8, 4) is 5.75 Å². The molecule has 1 N–H and O–H groups in total. The van der Waals surface area contributed by atoms with E-state index in [2.05, 4.69) is 21.8 Å². The number of aryl methyl sites for hydroxylation is 1. The van der Waals surface area contributed by atoms with Gasteiger partial charge >= 0.3 is 0 Å². The smallest absolute Gasteiger partial charge is 0.168 e. The average molecular weight is 309 g/mol. The standard InChI is InChI=1S/C15H20FN3OS/c1-4-6-11-15(21-19-18-11)12(17-2)9-10-7-5-8-13(20-3)14(10)16/h5,7-8,12,17H,4,6,9H2,1-3H3. The first-order chi connectivity index (χ1) is 10.2. The molecule has 21 heavy (non-hydrogen) atoms. The summed E-state index contributed by atoms with van der Waals surface area (Å²) < 4.78 is 23.4. The first-order valence-corrected chi connectivity index (χ1v) is 7.78. The predicted octanol–water partition coefficient (Wildman–Crippen LogP) is 3.14. The summed E-state index contributed by atoms with van der Waals surface area (Å²) in [6.45, 7) is 2.11. The van der Waals surface area contributed by atoms with E-state index in [9.17, 15) is 4.39 Å². The lowest BCUT2D eigenvalue weighted by Crippen LogP contribution is -2.19. The SMILES string of the molecule is CCCc1nnsc1C(Cc1cccc(OC)c1F)NC. The molecule has 0 spiro atoms. The Hall–Kier alpha value is -1.53. The largest absolute Gasteiger partial charge is 0.494 e. The van der Waals surface area contributed by atoms with Crippen LogP contribution >= 0.6 is 11.5 Å². The highest BCUT2D eigenvalue weighted by atomic mass is 32.1. The number of hydrogen-bond donors (Lipinski definition) is 1. The maximum atomic E-state index is 14.3. The quantitative estimate of drug-likeness (QED) is 0.853. The topological polar surface area (TPSA) is 47.0 Å². The molecule has 0 saturated carbocycles. The van der Waals surface area contributed by atoms with Gasteiger partial charge in [0.2, 0.25) is 0 Å². The lowest BCUT2D eigenvalue weighted by molar-refractivity contribution is 0.383. The third-order valence-electron chi connectivity index (χ3n) is 3.42. The van der Waals surface area contributed by atoms with E-state index in [1.165, 1.54) is 18.6 Å². The van der Waals surface area contributed by atoms with Crippen molar-refractivity contribution >= 4 is 11.5 Å². The second kappa shape index (κ2) is 7.47. The zero-order chi connectivity index (χ0) is 15.2. The third-order valence-corrected chi connectivity index (χ3v) is 4.30. The molecular weight excluding hydrogens is 289 g/mol. The van der Waals surface area contributed by atoms with E-state index in [0.29, 0.717) is 12.0 Å². The van der Waals surface area contributed by atoms with Crippen LogP contribution in [0.15, 0.2) is 18.2 Å². The Labute approximate surface area is 128 Å². The molecule has 1 aromatic carbocycles. The fourth-order valence-corrected chi connectivity index (χ4v) is 3.11. The van der Waals surface area contributed by atoms with Crippen molar-refractivity contribution in [2.45, 2.75) is 32.2 Å². The van der Waals surface area contributed by atoms with Gasteiger partial charge < -0.3 is 10.1 Å². The minimum absolute atomic E-state index is 0.00755. The van der Waals surface area contributed by atoms with Gasteiger partial charge in [0.05, 0.1) is 17.7 Å². The molecule has 4 nitrogen and oxygen atoms in total. The van der Waals surface area contributed by atoms with Crippen molar-refractivity contribution in [3.63, 3.8) is 0 Å². The highest BCUT2D eigenvalue weighted by Gasteiger charge is 2.20. The molecule has 114 valence electrons. The minimum Gasteiger partial charge on any atom is -0.494 e. The number of benzene rings is 1. The van der Waals surface area contributed by atoms with Crippen LogP contribution in [0.3, 0.4) is 0 Å². The van der Waals surface area contributed by atoms with Crippen LogP contribution in [0.1, 0.15) is 35.5 Å². The zero-order valence-electron chi connectivity index (χ0n) is 12.5. The number of nitrogens with zero attached hydrogens (tertiary/aromatic N) is 2. The molecule has 1 atom stereocenters. The number of hydrogen-bond acceptors (Lipinski definition) is 5. The van der Waals surface area contributed by atoms with E-state index in [1.54, 1.807) is 12.1 Å². The Bertz CT molecular complexity index is 588. The van der Waals surface area contributed by atoms with E-state index in [4.69, 9.17) is 4.74 Å². The molecule has 0 bridgehead atoms. The zero-order valence-corrected chi connectivity index (χ0v) is 13.3. The maximum absolute atomic E-state index is 14.3. The van der Waals surface area contributed by atoms with E-state index < -0.39 is 0 Å². The van der Waals surface area contributed by atoms with Crippen molar-refractivity contribution in [3.05, 3.63) is 40.2 Å². The Morgan fingerprint density at radius 3 is 2.90 bits per heavy atom. The summed E-state index contributed by atoms with van der Waals surface area (Å²) in [5, 5.41) is 7.42. The fraction of sp³-hybridized carbons (Fsp3) is 0.467. The van der Waals surface area contributed by atoms with Gasteiger partial charge in [-0.2, -0.15) is 0 Å². The van der Waals surface area contributed by atoms with Crippen LogP contribution in [-0.2, 0) is 12.8 Å². The molecule has 2 rings (SSSR count). The van der Waals surface area contributed by atoms with Gasteiger partial charge in [0.15, 0.2) is 11.6 Å². The molecule has 0 radical (unpaired) electrons. The van der Waals surface area contributed by atoms with Crippen LogP contribution in [0.4, 0.5) is 4.39 Å². The van der Waals surface area contributed by atoms with Gasteiger partial charge in [-0.1, -0.05) is 30.0 Å². The molecule has 0 amide bonds. The van der Waals surface area contributed by atoms with Gasteiger partial charge in [-0.05, 0) is 43.1 Å². The molecule has 0 fully saturated rings. The third kappa shape index (κ3) is 3.57. The normalized spacial score (nSPS) is 12.4. The van der Waals surface area contributed by atoms with Gasteiger partial charge in [-0.3, -0.25) is 0 Å². The van der Waals surface area contributed by atoms with Gasteiger partial charge in [0, 0.05) is 6.04 Å². The maximum Gasteiger partial charge on any atom is 0.168 e. The summed E-state index contributed by atoms with van der Waals surface area (Å²) in [5.74, 6) is -0.0201. The summed E-state index contributed by atoms with van der Waals surface area (Å²) in [6, 6.07) is 5.23. The van der Waals surface area contributed by atoms with Gasteiger partial charge in [0.1, 0.15) is 0 Å². The molecule has 0 aliphatic carbocycles. The lowest BCUT2D eigenvalue weighted by Gasteiger charge is -2.16. The molecule has 1 unspecified atom stereocenters. The Kier molecular flexibility index (Phi) is 5.64. The van der Waals surface area contributed by atoms with Gasteiger partial charge in [0.25, 0.3) is 0 Å². The number of likely N-dealkylation sites (N-methyl/N-ethyl adjacent to an activating group) is 1. The molecular formula is C15H20FN3OS. The van der Waals surface area contributed by atoms with Crippen molar-refractivity contribution in [2.24, 2.45) is 0 Å². The lowest BCUT2D eigenvalue weighted by atomic mass is 10.0. The van der Waals surface area contributed by atoms with Gasteiger partial charge in [-0.15, -0.1) is 5.10 Å². The first kappa shape index (κ1) is 15.9.